The molecular weight excluding hydrogens is 335 g/mol. The van der Waals surface area contributed by atoms with Gasteiger partial charge in [-0.15, -0.1) is 0 Å². The van der Waals surface area contributed by atoms with Crippen molar-refractivity contribution in [1.29, 1.82) is 0 Å². The van der Waals surface area contributed by atoms with Crippen molar-refractivity contribution < 1.29 is 31.4 Å². The van der Waals surface area contributed by atoms with E-state index in [0.717, 1.165) is 6.21 Å². The molecule has 4 nitrogen and oxygen atoms in total. The van der Waals surface area contributed by atoms with Crippen molar-refractivity contribution >= 4 is 11.9 Å². The Morgan fingerprint density at radius 3 is 2.00 bits per heavy atom. The van der Waals surface area contributed by atoms with E-state index >= 15 is 0 Å². The molecule has 128 valence electrons. The third-order valence-corrected chi connectivity index (χ3v) is 3.03. The van der Waals surface area contributed by atoms with Gasteiger partial charge in [0.1, 0.15) is 17.2 Å². The normalized spacial score (nSPS) is 11.0. The van der Waals surface area contributed by atoms with Gasteiger partial charge in [-0.1, -0.05) is 0 Å². The van der Waals surface area contributed by atoms with E-state index in [1.54, 1.807) is 11.5 Å². The van der Waals surface area contributed by atoms with Gasteiger partial charge in [-0.25, -0.2) is 22.0 Å². The monoisotopic (exact) mass is 346 g/mol. The van der Waals surface area contributed by atoms with Crippen molar-refractivity contribution in [2.24, 2.45) is 5.10 Å². The number of nitrogens with one attached hydrogen (secondary N) is 1. The maximum atomic E-state index is 13.5. The van der Waals surface area contributed by atoms with E-state index < -0.39 is 34.8 Å². The maximum absolute atomic E-state index is 13.5. The van der Waals surface area contributed by atoms with Gasteiger partial charge in [-0.05, 0) is 12.1 Å². The second kappa shape index (κ2) is 7.16. The summed E-state index contributed by atoms with van der Waals surface area (Å²) in [5, 5.41) is 3.48. The molecule has 1 N–H and O–H groups in total. The second-order valence-electron chi connectivity index (χ2n) is 4.42. The van der Waals surface area contributed by atoms with Crippen molar-refractivity contribution in [2.75, 3.05) is 19.6 Å². The highest BCUT2D eigenvalue weighted by Gasteiger charge is 2.25. The lowest BCUT2D eigenvalue weighted by molar-refractivity contribution is 0.381. The molecule has 24 heavy (non-hydrogen) atoms. The van der Waals surface area contributed by atoms with Crippen LogP contribution in [-0.4, -0.2) is 20.4 Å². The first kappa shape index (κ1) is 17.5. The van der Waals surface area contributed by atoms with Crippen molar-refractivity contribution in [3.05, 3.63) is 52.8 Å². The predicted octanol–water partition coefficient (Wildman–Crippen LogP) is 3.85. The average molecular weight is 346 g/mol. The summed E-state index contributed by atoms with van der Waals surface area (Å²) in [4.78, 5) is 0. The van der Waals surface area contributed by atoms with Crippen LogP contribution in [0.2, 0.25) is 0 Å². The van der Waals surface area contributed by atoms with Crippen LogP contribution < -0.4 is 14.9 Å². The molecule has 0 aliphatic rings. The number of anilines is 1. The van der Waals surface area contributed by atoms with E-state index in [2.05, 4.69) is 5.10 Å². The molecular formula is C15H11F5N2O2. The first-order valence-corrected chi connectivity index (χ1v) is 6.43. The Hall–Kier alpha value is -2.84. The third-order valence-electron chi connectivity index (χ3n) is 3.03. The fourth-order valence-corrected chi connectivity index (χ4v) is 1.79. The van der Waals surface area contributed by atoms with Crippen molar-refractivity contribution in [2.45, 2.75) is 0 Å². The minimum absolute atomic E-state index is 0.331. The van der Waals surface area contributed by atoms with Gasteiger partial charge in [0, 0.05) is 11.6 Å². The highest BCUT2D eigenvalue weighted by atomic mass is 19.2. The van der Waals surface area contributed by atoms with E-state index in [1.165, 1.54) is 26.4 Å². The molecule has 0 aliphatic heterocycles. The summed E-state index contributed by atoms with van der Waals surface area (Å²) in [5.41, 5.74) is 0.934. The number of methoxy groups -OCH3 is 2. The molecule has 0 unspecified atom stereocenters. The lowest BCUT2D eigenvalue weighted by atomic mass is 10.2. The molecule has 0 fully saturated rings. The maximum Gasteiger partial charge on any atom is 0.200 e. The van der Waals surface area contributed by atoms with Crippen LogP contribution in [0, 0.1) is 29.1 Å². The lowest BCUT2D eigenvalue weighted by Gasteiger charge is -2.08. The summed E-state index contributed by atoms with van der Waals surface area (Å²) in [6.07, 6.45) is 1.09. The molecule has 0 amide bonds. The number of nitrogens with zero attached hydrogens (tertiary/aromatic N) is 1. The summed E-state index contributed by atoms with van der Waals surface area (Å²) in [5.74, 6) is -9.55. The van der Waals surface area contributed by atoms with Crippen LogP contribution in [0.25, 0.3) is 0 Å². The molecule has 0 spiro atoms. The van der Waals surface area contributed by atoms with Crippen LogP contribution >= 0.6 is 0 Å². The summed E-state index contributed by atoms with van der Waals surface area (Å²) < 4.78 is 76.1. The molecule has 0 atom stereocenters. The lowest BCUT2D eigenvalue weighted by Crippen LogP contribution is -2.06. The quantitative estimate of drug-likeness (QED) is 0.294. The summed E-state index contributed by atoms with van der Waals surface area (Å²) >= 11 is 0. The van der Waals surface area contributed by atoms with Gasteiger partial charge in [-0.3, -0.25) is 5.43 Å². The van der Waals surface area contributed by atoms with Crippen molar-refractivity contribution in [3.63, 3.8) is 0 Å². The van der Waals surface area contributed by atoms with Gasteiger partial charge in [-0.2, -0.15) is 5.10 Å². The molecule has 9 heteroatoms. The molecule has 2 aromatic carbocycles. The van der Waals surface area contributed by atoms with Gasteiger partial charge >= 0.3 is 0 Å². The summed E-state index contributed by atoms with van der Waals surface area (Å²) in [6, 6.07) is 4.63. The molecule has 2 rings (SSSR count). The highest BCUT2D eigenvalue weighted by molar-refractivity contribution is 5.84. The van der Waals surface area contributed by atoms with Crippen LogP contribution in [0.5, 0.6) is 11.5 Å². The standard InChI is InChI=1S/C15H11F5N2O2/c1-23-8-4-3-7(9(5-8)24-2)6-21-22-15-13(19)11(17)10(16)12(18)14(15)20/h3-6,22H,1-2H3/b21-6+. The number of ether oxygens (including phenoxy) is 2. The van der Waals surface area contributed by atoms with Gasteiger partial charge in [0.25, 0.3) is 0 Å². The second-order valence-corrected chi connectivity index (χ2v) is 4.42. The molecule has 0 radical (unpaired) electrons. The molecule has 0 saturated carbocycles. The summed E-state index contributed by atoms with van der Waals surface area (Å²) in [7, 11) is 2.83. The zero-order valence-corrected chi connectivity index (χ0v) is 12.5. The average Bonchev–Trinajstić information content (AvgIpc) is 2.61. The summed E-state index contributed by atoms with van der Waals surface area (Å²) in [6.45, 7) is 0. The number of halogens is 5. The minimum Gasteiger partial charge on any atom is -0.497 e. The fourth-order valence-electron chi connectivity index (χ4n) is 1.79. The van der Waals surface area contributed by atoms with Gasteiger partial charge < -0.3 is 9.47 Å². The third kappa shape index (κ3) is 3.24. The van der Waals surface area contributed by atoms with Crippen LogP contribution in [0.15, 0.2) is 23.3 Å². The molecule has 0 aliphatic carbocycles. The van der Waals surface area contributed by atoms with Gasteiger partial charge in [0.05, 0.1) is 20.4 Å². The molecule has 0 saturated heterocycles. The minimum atomic E-state index is -2.24. The number of hydrogen-bond donors (Lipinski definition) is 1. The van der Waals surface area contributed by atoms with E-state index in [9.17, 15) is 22.0 Å². The predicted molar refractivity (Wildman–Crippen MR) is 77.0 cm³/mol. The van der Waals surface area contributed by atoms with Crippen LogP contribution in [0.1, 0.15) is 5.56 Å². The van der Waals surface area contributed by atoms with E-state index in [0.29, 0.717) is 17.1 Å². The Labute approximate surface area is 133 Å². The topological polar surface area (TPSA) is 42.8 Å². The van der Waals surface area contributed by atoms with Crippen molar-refractivity contribution in [3.8, 4) is 11.5 Å². The Kier molecular flexibility index (Phi) is 5.22. The van der Waals surface area contributed by atoms with Crippen LogP contribution in [0.4, 0.5) is 27.6 Å². The van der Waals surface area contributed by atoms with Crippen molar-refractivity contribution in [1.82, 2.24) is 0 Å². The molecule has 0 aromatic heterocycles. The number of hydrazone groups is 1. The SMILES string of the molecule is COc1ccc(/C=N/Nc2c(F)c(F)c(F)c(F)c2F)c(OC)c1. The Morgan fingerprint density at radius 2 is 1.46 bits per heavy atom. The first-order chi connectivity index (χ1) is 11.4. The number of rotatable bonds is 5. The Bertz CT molecular complexity index is 767. The van der Waals surface area contributed by atoms with E-state index in [-0.39, 0.29) is 0 Å². The van der Waals surface area contributed by atoms with Crippen LogP contribution in [-0.2, 0) is 0 Å². The Balaban J connectivity index is 2.30. The zero-order valence-electron chi connectivity index (χ0n) is 12.5. The molecule has 0 bridgehead atoms. The number of benzene rings is 2. The number of hydrogen-bond acceptors (Lipinski definition) is 4. The van der Waals surface area contributed by atoms with Gasteiger partial charge in [0.15, 0.2) is 23.3 Å². The van der Waals surface area contributed by atoms with E-state index in [4.69, 9.17) is 9.47 Å². The molecule has 2 aromatic rings. The van der Waals surface area contributed by atoms with Gasteiger partial charge in [0.2, 0.25) is 5.82 Å². The smallest absolute Gasteiger partial charge is 0.200 e. The highest BCUT2D eigenvalue weighted by Crippen LogP contribution is 2.27. The largest absolute Gasteiger partial charge is 0.497 e. The fraction of sp³-hybridized carbons (Fsp3) is 0.133. The first-order valence-electron chi connectivity index (χ1n) is 6.43. The molecule has 0 heterocycles. The van der Waals surface area contributed by atoms with Crippen LogP contribution in [0.3, 0.4) is 0 Å². The Morgan fingerprint density at radius 1 is 0.875 bits per heavy atom. The van der Waals surface area contributed by atoms with E-state index in [1.807, 2.05) is 0 Å². The zero-order chi connectivity index (χ0) is 17.9.